The van der Waals surface area contributed by atoms with E-state index in [0.717, 1.165) is 0 Å². The van der Waals surface area contributed by atoms with E-state index in [1.807, 2.05) is 19.2 Å². The third-order valence-corrected chi connectivity index (χ3v) is 3.27. The molecule has 17 heavy (non-hydrogen) atoms. The first kappa shape index (κ1) is 13.9. The number of methoxy groups -OCH3 is 1. The summed E-state index contributed by atoms with van der Waals surface area (Å²) in [6.07, 6.45) is 0. The second-order valence-electron chi connectivity index (χ2n) is 3.81. The van der Waals surface area contributed by atoms with Gasteiger partial charge < -0.3 is 15.4 Å². The van der Waals surface area contributed by atoms with E-state index >= 15 is 0 Å². The molecule has 0 aliphatic carbocycles. The number of amides is 1. The van der Waals surface area contributed by atoms with Crippen molar-refractivity contribution in [2.45, 2.75) is 19.9 Å². The molecule has 0 aromatic carbocycles. The lowest BCUT2D eigenvalue weighted by atomic mass is 10.2. The van der Waals surface area contributed by atoms with Crippen LogP contribution < -0.4 is 10.5 Å². The number of rotatable bonds is 5. The van der Waals surface area contributed by atoms with Crippen molar-refractivity contribution in [3.05, 3.63) is 16.3 Å². The summed E-state index contributed by atoms with van der Waals surface area (Å²) in [6, 6.07) is 1.81. The zero-order valence-corrected chi connectivity index (χ0v) is 11.7. The summed E-state index contributed by atoms with van der Waals surface area (Å²) in [4.78, 5) is 14.8. The zero-order valence-electron chi connectivity index (χ0n) is 10.1. The van der Waals surface area contributed by atoms with E-state index in [2.05, 4.69) is 0 Å². The Bertz CT molecular complexity index is 415. The molecule has 0 bridgehead atoms. The number of hydrogen-bond donors (Lipinski definition) is 1. The highest BCUT2D eigenvalue weighted by atomic mass is 32.1. The van der Waals surface area contributed by atoms with E-state index in [0.29, 0.717) is 15.6 Å². The van der Waals surface area contributed by atoms with Gasteiger partial charge in [-0.1, -0.05) is 12.2 Å². The van der Waals surface area contributed by atoms with Crippen molar-refractivity contribution in [2.24, 2.45) is 5.73 Å². The zero-order chi connectivity index (χ0) is 13.0. The first-order valence-electron chi connectivity index (χ1n) is 5.18. The van der Waals surface area contributed by atoms with Gasteiger partial charge in [0.1, 0.15) is 10.6 Å². The Morgan fingerprint density at radius 2 is 2.29 bits per heavy atom. The molecule has 1 heterocycles. The molecule has 0 radical (unpaired) electrons. The molecule has 2 N–H and O–H groups in total. The number of carbonyl (C=O) groups excluding carboxylic acids is 1. The maximum atomic E-state index is 12.3. The molecule has 0 saturated carbocycles. The second-order valence-corrected chi connectivity index (χ2v) is 5.25. The van der Waals surface area contributed by atoms with Gasteiger partial charge in [0.25, 0.3) is 5.91 Å². The fourth-order valence-electron chi connectivity index (χ4n) is 1.40. The highest BCUT2D eigenvalue weighted by Gasteiger charge is 2.23. The third-order valence-electron chi connectivity index (χ3n) is 2.25. The van der Waals surface area contributed by atoms with Crippen LogP contribution in [-0.4, -0.2) is 35.5 Å². The Balaban J connectivity index is 2.95. The monoisotopic (exact) mass is 272 g/mol. The van der Waals surface area contributed by atoms with Crippen molar-refractivity contribution in [1.82, 2.24) is 4.90 Å². The van der Waals surface area contributed by atoms with Gasteiger partial charge in [0, 0.05) is 6.04 Å². The summed E-state index contributed by atoms with van der Waals surface area (Å²) < 4.78 is 5.14. The average Bonchev–Trinajstić information content (AvgIpc) is 2.72. The second kappa shape index (κ2) is 5.97. The van der Waals surface area contributed by atoms with Crippen molar-refractivity contribution in [3.63, 3.8) is 0 Å². The fourth-order valence-corrected chi connectivity index (χ4v) is 2.35. The van der Waals surface area contributed by atoms with Gasteiger partial charge in [0.2, 0.25) is 0 Å². The summed E-state index contributed by atoms with van der Waals surface area (Å²) in [5, 5.41) is 1.82. The highest BCUT2D eigenvalue weighted by Crippen LogP contribution is 2.26. The van der Waals surface area contributed by atoms with Gasteiger partial charge in [-0.3, -0.25) is 4.79 Å². The molecule has 94 valence electrons. The van der Waals surface area contributed by atoms with Gasteiger partial charge in [-0.05, 0) is 25.3 Å². The summed E-state index contributed by atoms with van der Waals surface area (Å²) in [6.45, 7) is 4.14. The molecule has 1 aromatic heterocycles. The van der Waals surface area contributed by atoms with Gasteiger partial charge in [-0.2, -0.15) is 0 Å². The minimum Gasteiger partial charge on any atom is -0.495 e. The average molecular weight is 272 g/mol. The lowest BCUT2D eigenvalue weighted by Gasteiger charge is -2.25. The Morgan fingerprint density at radius 3 is 2.76 bits per heavy atom. The molecular formula is C11H16N2O2S2. The number of hydrogen-bond acceptors (Lipinski definition) is 4. The molecule has 0 spiro atoms. The molecule has 6 heteroatoms. The third kappa shape index (κ3) is 3.41. The van der Waals surface area contributed by atoms with Crippen LogP contribution in [0.25, 0.3) is 0 Å². The number of thiophene rings is 1. The first-order valence-corrected chi connectivity index (χ1v) is 6.47. The molecule has 1 amide bonds. The number of thiocarbonyl (C=S) groups is 1. The van der Waals surface area contributed by atoms with E-state index in [-0.39, 0.29) is 18.5 Å². The van der Waals surface area contributed by atoms with E-state index in [1.165, 1.54) is 11.3 Å². The molecule has 1 rings (SSSR count). The number of carbonyl (C=O) groups is 1. The van der Waals surface area contributed by atoms with Gasteiger partial charge >= 0.3 is 0 Å². The highest BCUT2D eigenvalue weighted by molar-refractivity contribution is 7.80. The smallest absolute Gasteiger partial charge is 0.268 e. The molecule has 0 fully saturated rings. The normalized spacial score (nSPS) is 10.4. The minimum atomic E-state index is -0.0975. The Labute approximate surface area is 110 Å². The van der Waals surface area contributed by atoms with Crippen LogP contribution in [0, 0.1) is 0 Å². The van der Waals surface area contributed by atoms with Crippen molar-refractivity contribution >= 4 is 34.5 Å². The fraction of sp³-hybridized carbons (Fsp3) is 0.455. The molecule has 1 aromatic rings. The van der Waals surface area contributed by atoms with Crippen molar-refractivity contribution in [3.8, 4) is 5.75 Å². The van der Waals surface area contributed by atoms with Crippen LogP contribution in [0.5, 0.6) is 5.75 Å². The molecule has 0 unspecified atom stereocenters. The van der Waals surface area contributed by atoms with Gasteiger partial charge in [0.15, 0.2) is 0 Å². The van der Waals surface area contributed by atoms with Crippen LogP contribution in [0.1, 0.15) is 23.5 Å². The first-order chi connectivity index (χ1) is 7.97. The van der Waals surface area contributed by atoms with Gasteiger partial charge in [-0.15, -0.1) is 11.3 Å². The topological polar surface area (TPSA) is 55.6 Å². The SMILES string of the molecule is COc1ccsc1C(=O)N(CC(N)=S)C(C)C. The lowest BCUT2D eigenvalue weighted by Crippen LogP contribution is -2.42. The van der Waals surface area contributed by atoms with E-state index < -0.39 is 0 Å². The van der Waals surface area contributed by atoms with Crippen LogP contribution in [0.4, 0.5) is 0 Å². The van der Waals surface area contributed by atoms with Crippen LogP contribution in [0.15, 0.2) is 11.4 Å². The summed E-state index contributed by atoms with van der Waals surface area (Å²) in [7, 11) is 1.55. The molecule has 0 saturated heterocycles. The van der Waals surface area contributed by atoms with Crippen molar-refractivity contribution in [2.75, 3.05) is 13.7 Å². The van der Waals surface area contributed by atoms with E-state index in [9.17, 15) is 4.79 Å². The minimum absolute atomic E-state index is 0.0378. The summed E-state index contributed by atoms with van der Waals surface area (Å²) in [5.74, 6) is 0.494. The van der Waals surface area contributed by atoms with Crippen LogP contribution in [0.3, 0.4) is 0 Å². The van der Waals surface area contributed by atoms with Crippen LogP contribution in [-0.2, 0) is 0 Å². The standard InChI is InChI=1S/C11H16N2O2S2/c1-7(2)13(6-9(12)16)11(14)10-8(15-3)4-5-17-10/h4-5,7H,6H2,1-3H3,(H2,12,16). The molecule has 0 aliphatic rings. The Hall–Kier alpha value is -1.14. The maximum Gasteiger partial charge on any atom is 0.268 e. The summed E-state index contributed by atoms with van der Waals surface area (Å²) >= 11 is 6.21. The predicted octanol–water partition coefficient (Wildman–Crippen LogP) is 1.89. The number of nitrogens with two attached hydrogens (primary N) is 1. The maximum absolute atomic E-state index is 12.3. The molecule has 4 nitrogen and oxygen atoms in total. The molecule has 0 atom stereocenters. The van der Waals surface area contributed by atoms with Crippen LogP contribution >= 0.6 is 23.6 Å². The van der Waals surface area contributed by atoms with E-state index in [4.69, 9.17) is 22.7 Å². The quantitative estimate of drug-likeness (QED) is 0.832. The van der Waals surface area contributed by atoms with Crippen LogP contribution in [0.2, 0.25) is 0 Å². The Morgan fingerprint density at radius 1 is 1.65 bits per heavy atom. The molecule has 0 aliphatic heterocycles. The number of ether oxygens (including phenoxy) is 1. The summed E-state index contributed by atoms with van der Waals surface area (Å²) in [5.41, 5.74) is 5.50. The predicted molar refractivity (Wildman–Crippen MR) is 73.8 cm³/mol. The lowest BCUT2D eigenvalue weighted by molar-refractivity contribution is 0.0738. The van der Waals surface area contributed by atoms with E-state index in [1.54, 1.807) is 18.1 Å². The van der Waals surface area contributed by atoms with Gasteiger partial charge in [0.05, 0.1) is 18.6 Å². The van der Waals surface area contributed by atoms with Gasteiger partial charge in [-0.25, -0.2) is 0 Å². The molecular weight excluding hydrogens is 256 g/mol. The van der Waals surface area contributed by atoms with Crippen molar-refractivity contribution < 1.29 is 9.53 Å². The number of nitrogens with zero attached hydrogens (tertiary/aromatic N) is 1. The van der Waals surface area contributed by atoms with Crippen molar-refractivity contribution in [1.29, 1.82) is 0 Å². The Kier molecular flexibility index (Phi) is 4.89. The largest absolute Gasteiger partial charge is 0.495 e.